The third kappa shape index (κ3) is 2.47. The van der Waals surface area contributed by atoms with Gasteiger partial charge in [-0.2, -0.15) is 0 Å². The summed E-state index contributed by atoms with van der Waals surface area (Å²) in [6.45, 7) is 3.18. The summed E-state index contributed by atoms with van der Waals surface area (Å²) in [6.07, 6.45) is 2.26. The zero-order chi connectivity index (χ0) is 12.5. The van der Waals surface area contributed by atoms with Gasteiger partial charge in [-0.15, -0.1) is 0 Å². The molecule has 92 valence electrons. The second-order valence-corrected chi connectivity index (χ2v) is 4.46. The average molecular weight is 237 g/mol. The number of ether oxygens (including phenoxy) is 1. The van der Waals surface area contributed by atoms with E-state index in [1.807, 2.05) is 6.92 Å². The van der Waals surface area contributed by atoms with Gasteiger partial charge in [0, 0.05) is 6.61 Å². The van der Waals surface area contributed by atoms with Crippen molar-refractivity contribution >= 4 is 17.5 Å². The Labute approximate surface area is 98.8 Å². The van der Waals surface area contributed by atoms with Crippen LogP contribution in [0, 0.1) is 0 Å². The summed E-state index contributed by atoms with van der Waals surface area (Å²) in [5.74, 6) is -0.713. The Morgan fingerprint density at radius 1 is 1.71 bits per heavy atom. The van der Waals surface area contributed by atoms with Gasteiger partial charge in [0.25, 0.3) is 0 Å². The Kier molecular flexibility index (Phi) is 2.89. The molecule has 1 atom stereocenters. The number of hydrogen-bond acceptors (Lipinski definition) is 5. The van der Waals surface area contributed by atoms with E-state index in [0.29, 0.717) is 24.7 Å². The molecule has 0 aliphatic carbocycles. The number of hydrogen-bond donors (Lipinski definition) is 3. The number of carbonyl (C=O) groups is 1. The van der Waals surface area contributed by atoms with Crippen molar-refractivity contribution in [3.63, 3.8) is 0 Å². The van der Waals surface area contributed by atoms with Gasteiger partial charge in [0.1, 0.15) is 11.4 Å². The number of aromatic carboxylic acids is 1. The Morgan fingerprint density at radius 2 is 2.47 bits per heavy atom. The van der Waals surface area contributed by atoms with Crippen LogP contribution in [0.25, 0.3) is 0 Å². The van der Waals surface area contributed by atoms with E-state index in [2.05, 4.69) is 10.3 Å². The van der Waals surface area contributed by atoms with Gasteiger partial charge in [-0.1, -0.05) is 0 Å². The first-order valence-corrected chi connectivity index (χ1v) is 5.35. The molecule has 1 fully saturated rings. The van der Waals surface area contributed by atoms with Gasteiger partial charge in [0.15, 0.2) is 0 Å². The van der Waals surface area contributed by atoms with E-state index in [9.17, 15) is 4.79 Å². The van der Waals surface area contributed by atoms with Gasteiger partial charge in [-0.25, -0.2) is 9.78 Å². The van der Waals surface area contributed by atoms with Crippen molar-refractivity contribution in [2.24, 2.45) is 0 Å². The predicted octanol–water partition coefficient (Wildman–Crippen LogP) is 0.953. The van der Waals surface area contributed by atoms with Crippen LogP contribution in [0.1, 0.15) is 23.7 Å². The number of nitrogen functional groups attached to an aromatic ring is 1. The van der Waals surface area contributed by atoms with E-state index in [0.717, 1.165) is 6.42 Å². The van der Waals surface area contributed by atoms with Crippen LogP contribution < -0.4 is 11.1 Å². The molecule has 1 saturated heterocycles. The molecule has 2 rings (SSSR count). The van der Waals surface area contributed by atoms with Crippen molar-refractivity contribution < 1.29 is 14.6 Å². The van der Waals surface area contributed by atoms with E-state index in [1.165, 1.54) is 12.3 Å². The molecular formula is C11H15N3O3. The number of rotatable bonds is 3. The summed E-state index contributed by atoms with van der Waals surface area (Å²) < 4.78 is 5.29. The lowest BCUT2D eigenvalue weighted by Gasteiger charge is -2.25. The summed E-state index contributed by atoms with van der Waals surface area (Å²) >= 11 is 0. The maximum Gasteiger partial charge on any atom is 0.339 e. The minimum atomic E-state index is -1.05. The molecule has 0 radical (unpaired) electrons. The number of nitrogens with one attached hydrogen (secondary N) is 1. The SMILES string of the molecule is CC1(Nc2ncc(N)cc2C(=O)O)CCOC1. The Morgan fingerprint density at radius 3 is 3.06 bits per heavy atom. The van der Waals surface area contributed by atoms with Gasteiger partial charge in [-0.05, 0) is 19.4 Å². The zero-order valence-corrected chi connectivity index (χ0v) is 9.56. The topological polar surface area (TPSA) is 97.5 Å². The molecule has 2 heterocycles. The molecule has 6 nitrogen and oxygen atoms in total. The van der Waals surface area contributed by atoms with Crippen LogP contribution in [0.15, 0.2) is 12.3 Å². The highest BCUT2D eigenvalue weighted by Crippen LogP contribution is 2.25. The quantitative estimate of drug-likeness (QED) is 0.724. The van der Waals surface area contributed by atoms with Crippen molar-refractivity contribution in [1.29, 1.82) is 0 Å². The number of aromatic nitrogens is 1. The van der Waals surface area contributed by atoms with E-state index < -0.39 is 5.97 Å². The number of carboxylic acid groups (broad SMARTS) is 1. The summed E-state index contributed by atoms with van der Waals surface area (Å²) in [5.41, 5.74) is 5.67. The predicted molar refractivity (Wildman–Crippen MR) is 63.1 cm³/mol. The maximum atomic E-state index is 11.1. The lowest BCUT2D eigenvalue weighted by Crippen LogP contribution is -2.36. The molecule has 6 heteroatoms. The number of carboxylic acids is 1. The van der Waals surface area contributed by atoms with Gasteiger partial charge >= 0.3 is 5.97 Å². The van der Waals surface area contributed by atoms with Crippen molar-refractivity contribution in [1.82, 2.24) is 4.98 Å². The van der Waals surface area contributed by atoms with Gasteiger partial charge in [-0.3, -0.25) is 0 Å². The smallest absolute Gasteiger partial charge is 0.339 e. The van der Waals surface area contributed by atoms with Crippen LogP contribution in [-0.2, 0) is 4.74 Å². The molecule has 4 N–H and O–H groups in total. The highest BCUT2D eigenvalue weighted by Gasteiger charge is 2.31. The molecular weight excluding hydrogens is 222 g/mol. The minimum Gasteiger partial charge on any atom is -0.478 e. The molecule has 0 bridgehead atoms. The summed E-state index contributed by atoms with van der Waals surface area (Å²) in [7, 11) is 0. The van der Waals surface area contributed by atoms with Crippen LogP contribution in [0.3, 0.4) is 0 Å². The highest BCUT2D eigenvalue weighted by atomic mass is 16.5. The first kappa shape index (κ1) is 11.7. The van der Waals surface area contributed by atoms with E-state index >= 15 is 0 Å². The Hall–Kier alpha value is -1.82. The van der Waals surface area contributed by atoms with Crippen LogP contribution in [0.4, 0.5) is 11.5 Å². The number of anilines is 2. The number of nitrogens with two attached hydrogens (primary N) is 1. The Balaban J connectivity index is 2.28. The van der Waals surface area contributed by atoms with Crippen molar-refractivity contribution in [2.45, 2.75) is 18.9 Å². The lowest BCUT2D eigenvalue weighted by molar-refractivity contribution is 0.0697. The van der Waals surface area contributed by atoms with E-state index in [4.69, 9.17) is 15.6 Å². The highest BCUT2D eigenvalue weighted by molar-refractivity contribution is 5.94. The molecule has 0 spiro atoms. The lowest BCUT2D eigenvalue weighted by atomic mass is 10.0. The van der Waals surface area contributed by atoms with Gasteiger partial charge in [0.2, 0.25) is 0 Å². The monoisotopic (exact) mass is 237 g/mol. The van der Waals surface area contributed by atoms with Crippen molar-refractivity contribution in [2.75, 3.05) is 24.3 Å². The molecule has 1 aromatic heterocycles. The molecule has 17 heavy (non-hydrogen) atoms. The molecule has 1 aliphatic rings. The zero-order valence-electron chi connectivity index (χ0n) is 9.56. The summed E-state index contributed by atoms with van der Waals surface area (Å²) in [6, 6.07) is 1.40. The normalized spacial score (nSPS) is 23.6. The fourth-order valence-electron chi connectivity index (χ4n) is 1.80. The van der Waals surface area contributed by atoms with Gasteiger partial charge < -0.3 is 20.9 Å². The second kappa shape index (κ2) is 4.21. The number of nitrogens with zero attached hydrogens (tertiary/aromatic N) is 1. The van der Waals surface area contributed by atoms with Crippen molar-refractivity contribution in [3.05, 3.63) is 17.8 Å². The minimum absolute atomic E-state index is 0.0816. The molecule has 0 amide bonds. The van der Waals surface area contributed by atoms with Crippen LogP contribution >= 0.6 is 0 Å². The standard InChI is InChI=1S/C11H15N3O3/c1-11(2-3-17-6-11)14-9-8(10(15)16)4-7(12)5-13-9/h4-5H,2-3,6,12H2,1H3,(H,13,14)(H,15,16). The largest absolute Gasteiger partial charge is 0.478 e. The van der Waals surface area contributed by atoms with E-state index in [1.54, 1.807) is 0 Å². The van der Waals surface area contributed by atoms with Crippen molar-refractivity contribution in [3.8, 4) is 0 Å². The molecule has 0 aromatic carbocycles. The Bertz CT molecular complexity index is 442. The molecule has 1 aromatic rings. The van der Waals surface area contributed by atoms with Crippen LogP contribution in [-0.4, -0.2) is 34.8 Å². The summed E-state index contributed by atoms with van der Waals surface area (Å²) in [4.78, 5) is 15.1. The number of pyridine rings is 1. The molecule has 0 saturated carbocycles. The maximum absolute atomic E-state index is 11.1. The van der Waals surface area contributed by atoms with Gasteiger partial charge in [0.05, 0.1) is 24.0 Å². The summed E-state index contributed by atoms with van der Waals surface area (Å²) in [5, 5.41) is 12.2. The molecule has 1 aliphatic heterocycles. The first-order valence-electron chi connectivity index (χ1n) is 5.35. The average Bonchev–Trinajstić information content (AvgIpc) is 2.67. The third-order valence-electron chi connectivity index (χ3n) is 2.78. The van der Waals surface area contributed by atoms with Crippen LogP contribution in [0.2, 0.25) is 0 Å². The third-order valence-corrected chi connectivity index (χ3v) is 2.78. The molecule has 1 unspecified atom stereocenters. The fraction of sp³-hybridized carbons (Fsp3) is 0.455. The van der Waals surface area contributed by atoms with E-state index in [-0.39, 0.29) is 11.1 Å². The van der Waals surface area contributed by atoms with Crippen LogP contribution in [0.5, 0.6) is 0 Å². The second-order valence-electron chi connectivity index (χ2n) is 4.46. The fourth-order valence-corrected chi connectivity index (χ4v) is 1.80. The first-order chi connectivity index (χ1) is 8.00.